The molecule has 2 aromatic carbocycles. The summed E-state index contributed by atoms with van der Waals surface area (Å²) in [4.78, 5) is 26.6. The predicted molar refractivity (Wildman–Crippen MR) is 92.8 cm³/mol. The van der Waals surface area contributed by atoms with Crippen LogP contribution in [-0.2, 0) is 16.0 Å². The van der Waals surface area contributed by atoms with Crippen molar-refractivity contribution in [3.8, 4) is 0 Å². The number of fused-ring (bicyclic) bond motifs is 1. The minimum absolute atomic E-state index is 0.0204. The molecule has 2 N–H and O–H groups in total. The van der Waals surface area contributed by atoms with Crippen LogP contribution in [0.25, 0.3) is 0 Å². The third-order valence-corrected chi connectivity index (χ3v) is 4.24. The molecule has 0 aromatic heterocycles. The Labute approximate surface area is 145 Å². The molecule has 130 valence electrons. The third-order valence-electron chi connectivity index (χ3n) is 4.24. The summed E-state index contributed by atoms with van der Waals surface area (Å²) in [6, 6.07) is 11.1. The molecule has 0 aliphatic carbocycles. The van der Waals surface area contributed by atoms with Gasteiger partial charge in [0.15, 0.2) is 6.10 Å². The Hall–Kier alpha value is -2.89. The van der Waals surface area contributed by atoms with Crippen molar-refractivity contribution in [1.29, 1.82) is 0 Å². The van der Waals surface area contributed by atoms with Gasteiger partial charge in [-0.05, 0) is 49.6 Å². The molecule has 6 heteroatoms. The number of esters is 1. The number of amides is 1. The number of anilines is 2. The molecule has 1 heterocycles. The van der Waals surface area contributed by atoms with Gasteiger partial charge >= 0.3 is 5.97 Å². The number of para-hydroxylation sites is 1. The topological polar surface area (TPSA) is 72.6 Å². The quantitative estimate of drug-likeness (QED) is 0.688. The van der Waals surface area contributed by atoms with Gasteiger partial charge < -0.3 is 15.4 Å². The van der Waals surface area contributed by atoms with Crippen LogP contribution in [0.1, 0.15) is 29.3 Å². The van der Waals surface area contributed by atoms with E-state index < -0.39 is 17.9 Å². The highest BCUT2D eigenvalue weighted by molar-refractivity contribution is 6.01. The van der Waals surface area contributed by atoms with Crippen molar-refractivity contribution >= 4 is 23.3 Å². The third kappa shape index (κ3) is 3.47. The summed E-state index contributed by atoms with van der Waals surface area (Å²) in [5, 5.41) is 0. The second-order valence-corrected chi connectivity index (χ2v) is 6.00. The van der Waals surface area contributed by atoms with E-state index in [2.05, 4.69) is 0 Å². The monoisotopic (exact) mass is 342 g/mol. The van der Waals surface area contributed by atoms with Gasteiger partial charge in [0, 0.05) is 17.9 Å². The highest BCUT2D eigenvalue weighted by atomic mass is 19.1. The zero-order valence-corrected chi connectivity index (χ0v) is 13.9. The van der Waals surface area contributed by atoms with E-state index in [9.17, 15) is 14.0 Å². The molecule has 0 bridgehead atoms. The first kappa shape index (κ1) is 17.0. The molecule has 0 saturated carbocycles. The highest BCUT2D eigenvalue weighted by Gasteiger charge is 2.29. The summed E-state index contributed by atoms with van der Waals surface area (Å²) < 4.78 is 18.3. The van der Waals surface area contributed by atoms with Gasteiger partial charge in [0.1, 0.15) is 5.82 Å². The van der Waals surface area contributed by atoms with Crippen LogP contribution >= 0.6 is 0 Å². The van der Waals surface area contributed by atoms with E-state index in [1.54, 1.807) is 4.90 Å². The van der Waals surface area contributed by atoms with Gasteiger partial charge in [-0.15, -0.1) is 0 Å². The first-order valence-corrected chi connectivity index (χ1v) is 8.12. The Morgan fingerprint density at radius 3 is 2.76 bits per heavy atom. The molecule has 0 radical (unpaired) electrons. The molecule has 1 aliphatic rings. The predicted octanol–water partition coefficient (Wildman–Crippen LogP) is 2.93. The summed E-state index contributed by atoms with van der Waals surface area (Å²) in [7, 11) is 0. The van der Waals surface area contributed by atoms with Crippen LogP contribution in [0.2, 0.25) is 0 Å². The van der Waals surface area contributed by atoms with Gasteiger partial charge in [-0.3, -0.25) is 4.79 Å². The van der Waals surface area contributed by atoms with E-state index in [4.69, 9.17) is 10.5 Å². The van der Waals surface area contributed by atoms with Crippen LogP contribution in [0.5, 0.6) is 0 Å². The average molecular weight is 342 g/mol. The molecule has 1 atom stereocenters. The van der Waals surface area contributed by atoms with E-state index >= 15 is 0 Å². The van der Waals surface area contributed by atoms with Crippen molar-refractivity contribution in [2.24, 2.45) is 0 Å². The van der Waals surface area contributed by atoms with Crippen molar-refractivity contribution in [2.45, 2.75) is 25.9 Å². The molecule has 5 nitrogen and oxygen atoms in total. The van der Waals surface area contributed by atoms with Crippen molar-refractivity contribution in [3.05, 3.63) is 59.4 Å². The van der Waals surface area contributed by atoms with Crippen LogP contribution in [0.4, 0.5) is 15.8 Å². The second kappa shape index (κ2) is 6.93. The van der Waals surface area contributed by atoms with Gasteiger partial charge in [0.25, 0.3) is 5.91 Å². The maximum Gasteiger partial charge on any atom is 0.341 e. The number of halogens is 1. The van der Waals surface area contributed by atoms with E-state index in [-0.39, 0.29) is 17.2 Å². The second-order valence-electron chi connectivity index (χ2n) is 6.00. The molecule has 2 aromatic rings. The summed E-state index contributed by atoms with van der Waals surface area (Å²) in [5.41, 5.74) is 7.62. The standard InChI is InChI=1S/C19H19FN2O3/c1-12(25-19(24)15-9-8-14(20)11-16(15)21)18(23)22-10-4-6-13-5-2-3-7-17(13)22/h2-3,5,7-9,11-12H,4,6,10,21H2,1H3. The SMILES string of the molecule is CC(OC(=O)c1ccc(F)cc1N)C(=O)N1CCCc2ccccc21. The van der Waals surface area contributed by atoms with Gasteiger partial charge in [0.05, 0.1) is 5.56 Å². The lowest BCUT2D eigenvalue weighted by Gasteiger charge is -2.31. The van der Waals surface area contributed by atoms with E-state index in [1.807, 2.05) is 24.3 Å². The van der Waals surface area contributed by atoms with Gasteiger partial charge in [-0.2, -0.15) is 0 Å². The summed E-state index contributed by atoms with van der Waals surface area (Å²) in [6.07, 6.45) is 0.803. The zero-order chi connectivity index (χ0) is 18.0. The number of ether oxygens (including phenoxy) is 1. The Morgan fingerprint density at radius 2 is 2.00 bits per heavy atom. The van der Waals surface area contributed by atoms with E-state index in [0.717, 1.165) is 36.2 Å². The number of benzene rings is 2. The Morgan fingerprint density at radius 1 is 1.24 bits per heavy atom. The Balaban J connectivity index is 1.74. The van der Waals surface area contributed by atoms with Gasteiger partial charge in [-0.1, -0.05) is 18.2 Å². The van der Waals surface area contributed by atoms with E-state index in [1.165, 1.54) is 13.0 Å². The molecule has 0 saturated heterocycles. The summed E-state index contributed by atoms with van der Waals surface area (Å²) >= 11 is 0. The lowest BCUT2D eigenvalue weighted by molar-refractivity contribution is -0.126. The first-order chi connectivity index (χ1) is 12.0. The normalized spacial score (nSPS) is 14.6. The lowest BCUT2D eigenvalue weighted by Crippen LogP contribution is -2.42. The smallest absolute Gasteiger partial charge is 0.341 e. The number of hydrogen-bond acceptors (Lipinski definition) is 4. The number of nitrogens with zero attached hydrogens (tertiary/aromatic N) is 1. The zero-order valence-electron chi connectivity index (χ0n) is 13.9. The molecule has 1 amide bonds. The molecule has 1 unspecified atom stereocenters. The van der Waals surface area contributed by atoms with Crippen LogP contribution < -0.4 is 10.6 Å². The Bertz CT molecular complexity index is 822. The molecule has 1 aliphatic heterocycles. The van der Waals surface area contributed by atoms with E-state index in [0.29, 0.717) is 6.54 Å². The molecular formula is C19H19FN2O3. The minimum atomic E-state index is -0.969. The van der Waals surface area contributed by atoms with Crippen LogP contribution in [-0.4, -0.2) is 24.5 Å². The van der Waals surface area contributed by atoms with Crippen molar-refractivity contribution in [1.82, 2.24) is 0 Å². The van der Waals surface area contributed by atoms with Gasteiger partial charge in [-0.25, -0.2) is 9.18 Å². The first-order valence-electron chi connectivity index (χ1n) is 8.12. The number of carbonyl (C=O) groups is 2. The molecule has 25 heavy (non-hydrogen) atoms. The number of nitrogens with two attached hydrogens (primary N) is 1. The van der Waals surface area contributed by atoms with Gasteiger partial charge in [0.2, 0.25) is 0 Å². The maximum atomic E-state index is 13.1. The minimum Gasteiger partial charge on any atom is -0.449 e. The van der Waals surface area contributed by atoms with Crippen LogP contribution in [0.3, 0.4) is 0 Å². The molecule has 3 rings (SSSR count). The lowest BCUT2D eigenvalue weighted by atomic mass is 10.0. The fraction of sp³-hybridized carbons (Fsp3) is 0.263. The molecule has 0 fully saturated rings. The Kier molecular flexibility index (Phi) is 4.70. The molecular weight excluding hydrogens is 323 g/mol. The number of aryl methyl sites for hydroxylation is 1. The van der Waals surface area contributed by atoms with Crippen LogP contribution in [0.15, 0.2) is 42.5 Å². The van der Waals surface area contributed by atoms with Crippen molar-refractivity contribution < 1.29 is 18.7 Å². The van der Waals surface area contributed by atoms with Crippen LogP contribution in [0, 0.1) is 5.82 Å². The number of hydrogen-bond donors (Lipinski definition) is 1. The fourth-order valence-electron chi connectivity index (χ4n) is 2.98. The van der Waals surface area contributed by atoms with Crippen molar-refractivity contribution in [3.63, 3.8) is 0 Å². The largest absolute Gasteiger partial charge is 0.449 e. The number of carbonyl (C=O) groups excluding carboxylic acids is 2. The highest BCUT2D eigenvalue weighted by Crippen LogP contribution is 2.27. The number of rotatable bonds is 3. The maximum absolute atomic E-state index is 13.1. The fourth-order valence-corrected chi connectivity index (χ4v) is 2.98. The molecule has 0 spiro atoms. The summed E-state index contributed by atoms with van der Waals surface area (Å²) in [5.74, 6) is -1.58. The van der Waals surface area contributed by atoms with Crippen molar-refractivity contribution in [2.75, 3.05) is 17.2 Å². The summed E-state index contributed by atoms with van der Waals surface area (Å²) in [6.45, 7) is 2.10. The number of nitrogen functional groups attached to an aromatic ring is 1. The average Bonchev–Trinajstić information content (AvgIpc) is 2.60.